The third-order valence-corrected chi connectivity index (χ3v) is 2.64. The van der Waals surface area contributed by atoms with Crippen LogP contribution in [0.1, 0.15) is 32.1 Å². The van der Waals surface area contributed by atoms with Crippen LogP contribution in [-0.2, 0) is 4.74 Å². The molecular formula is C9H14N2O. The van der Waals surface area contributed by atoms with Gasteiger partial charge in [0.1, 0.15) is 0 Å². The second kappa shape index (κ2) is 2.90. The van der Waals surface area contributed by atoms with Gasteiger partial charge in [0.2, 0.25) is 0 Å². The zero-order valence-corrected chi connectivity index (χ0v) is 7.45. The van der Waals surface area contributed by atoms with E-state index in [0.717, 1.165) is 12.1 Å². The summed E-state index contributed by atoms with van der Waals surface area (Å²) in [5, 5.41) is 6.86. The lowest BCUT2D eigenvalue weighted by Crippen LogP contribution is -2.06. The van der Waals surface area contributed by atoms with E-state index in [9.17, 15) is 0 Å². The second-order valence-electron chi connectivity index (χ2n) is 3.55. The van der Waals surface area contributed by atoms with Gasteiger partial charge in [-0.2, -0.15) is 5.10 Å². The Morgan fingerprint density at radius 3 is 2.92 bits per heavy atom. The van der Waals surface area contributed by atoms with Gasteiger partial charge < -0.3 is 4.74 Å². The fraction of sp³-hybridized carbons (Fsp3) is 0.667. The number of nitrogens with one attached hydrogen (secondary N) is 1. The SMILES string of the molecule is C[C@@H]1C[C@H](c2ccn[nH]2)O[C@H]1C. The number of nitrogens with zero attached hydrogens (tertiary/aromatic N) is 1. The molecule has 0 saturated carbocycles. The Balaban J connectivity index is 2.09. The highest BCUT2D eigenvalue weighted by Crippen LogP contribution is 2.35. The maximum atomic E-state index is 5.75. The highest BCUT2D eigenvalue weighted by Gasteiger charge is 2.30. The number of hydrogen-bond acceptors (Lipinski definition) is 2. The first-order valence-corrected chi connectivity index (χ1v) is 4.42. The van der Waals surface area contributed by atoms with E-state index in [0.29, 0.717) is 12.0 Å². The molecule has 3 nitrogen and oxygen atoms in total. The fourth-order valence-electron chi connectivity index (χ4n) is 1.62. The Morgan fingerprint density at radius 1 is 1.58 bits per heavy atom. The van der Waals surface area contributed by atoms with Crippen molar-refractivity contribution in [1.82, 2.24) is 10.2 Å². The van der Waals surface area contributed by atoms with Crippen LogP contribution in [0.2, 0.25) is 0 Å². The van der Waals surface area contributed by atoms with Crippen LogP contribution in [0.4, 0.5) is 0 Å². The summed E-state index contributed by atoms with van der Waals surface area (Å²) in [5.41, 5.74) is 1.10. The zero-order valence-electron chi connectivity index (χ0n) is 7.45. The number of aromatic amines is 1. The van der Waals surface area contributed by atoms with Crippen molar-refractivity contribution in [2.45, 2.75) is 32.5 Å². The summed E-state index contributed by atoms with van der Waals surface area (Å²) < 4.78 is 5.75. The molecule has 0 amide bonds. The standard InChI is InChI=1S/C9H14N2O/c1-6-5-9(12-7(6)2)8-3-4-10-11-8/h3-4,6-7,9H,5H2,1-2H3,(H,10,11)/t6-,7+,9-/m1/s1. The van der Waals surface area contributed by atoms with Gasteiger partial charge in [-0.1, -0.05) is 6.92 Å². The molecule has 12 heavy (non-hydrogen) atoms. The Kier molecular flexibility index (Phi) is 1.89. The van der Waals surface area contributed by atoms with Gasteiger partial charge in [-0.3, -0.25) is 5.10 Å². The molecule has 2 heterocycles. The third-order valence-electron chi connectivity index (χ3n) is 2.64. The topological polar surface area (TPSA) is 37.9 Å². The molecule has 3 heteroatoms. The van der Waals surface area contributed by atoms with Crippen LogP contribution in [0.25, 0.3) is 0 Å². The lowest BCUT2D eigenvalue weighted by Gasteiger charge is -2.07. The average molecular weight is 166 g/mol. The summed E-state index contributed by atoms with van der Waals surface area (Å²) in [7, 11) is 0. The molecule has 1 aromatic rings. The molecule has 1 N–H and O–H groups in total. The van der Waals surface area contributed by atoms with Gasteiger partial charge in [-0.05, 0) is 25.3 Å². The summed E-state index contributed by atoms with van der Waals surface area (Å²) in [6, 6.07) is 1.98. The maximum Gasteiger partial charge on any atom is 0.0996 e. The van der Waals surface area contributed by atoms with Gasteiger partial charge >= 0.3 is 0 Å². The molecule has 1 fully saturated rings. The third kappa shape index (κ3) is 1.25. The van der Waals surface area contributed by atoms with Crippen LogP contribution >= 0.6 is 0 Å². The molecule has 0 aromatic carbocycles. The lowest BCUT2D eigenvalue weighted by atomic mass is 10.0. The summed E-state index contributed by atoms with van der Waals surface area (Å²) in [5.74, 6) is 0.651. The van der Waals surface area contributed by atoms with Crippen molar-refractivity contribution in [3.63, 3.8) is 0 Å². The van der Waals surface area contributed by atoms with Gasteiger partial charge in [0.15, 0.2) is 0 Å². The van der Waals surface area contributed by atoms with Gasteiger partial charge in [-0.15, -0.1) is 0 Å². The minimum absolute atomic E-state index is 0.234. The molecule has 0 spiro atoms. The fourth-order valence-corrected chi connectivity index (χ4v) is 1.62. The first-order valence-electron chi connectivity index (χ1n) is 4.42. The summed E-state index contributed by atoms with van der Waals surface area (Å²) >= 11 is 0. The number of hydrogen-bond donors (Lipinski definition) is 1. The van der Waals surface area contributed by atoms with Gasteiger partial charge in [-0.25, -0.2) is 0 Å². The molecule has 66 valence electrons. The molecule has 1 aliphatic rings. The van der Waals surface area contributed by atoms with E-state index in [4.69, 9.17) is 4.74 Å². The smallest absolute Gasteiger partial charge is 0.0996 e. The largest absolute Gasteiger partial charge is 0.369 e. The van der Waals surface area contributed by atoms with E-state index < -0.39 is 0 Å². The van der Waals surface area contributed by atoms with E-state index in [1.165, 1.54) is 0 Å². The normalized spacial score (nSPS) is 35.7. The monoisotopic (exact) mass is 166 g/mol. The van der Waals surface area contributed by atoms with Gasteiger partial charge in [0.05, 0.1) is 17.9 Å². The van der Waals surface area contributed by atoms with E-state index in [-0.39, 0.29) is 6.10 Å². The molecule has 3 atom stereocenters. The van der Waals surface area contributed by atoms with Crippen molar-refractivity contribution in [2.24, 2.45) is 5.92 Å². The minimum Gasteiger partial charge on any atom is -0.369 e. The van der Waals surface area contributed by atoms with Crippen molar-refractivity contribution < 1.29 is 4.74 Å². The van der Waals surface area contributed by atoms with Crippen molar-refractivity contribution in [1.29, 1.82) is 0 Å². The summed E-state index contributed by atoms with van der Waals surface area (Å²) in [4.78, 5) is 0. The van der Waals surface area contributed by atoms with Crippen molar-refractivity contribution >= 4 is 0 Å². The van der Waals surface area contributed by atoms with Crippen molar-refractivity contribution in [2.75, 3.05) is 0 Å². The zero-order chi connectivity index (χ0) is 8.55. The van der Waals surface area contributed by atoms with Crippen LogP contribution in [0, 0.1) is 5.92 Å². The predicted octanol–water partition coefficient (Wildman–Crippen LogP) is 1.90. The molecule has 1 aliphatic heterocycles. The highest BCUT2D eigenvalue weighted by molar-refractivity contribution is 5.04. The molecule has 2 rings (SSSR count). The molecule has 0 unspecified atom stereocenters. The molecular weight excluding hydrogens is 152 g/mol. The van der Waals surface area contributed by atoms with Crippen molar-refractivity contribution in [3.05, 3.63) is 18.0 Å². The second-order valence-corrected chi connectivity index (χ2v) is 3.55. The Morgan fingerprint density at radius 2 is 2.42 bits per heavy atom. The summed E-state index contributed by atoms with van der Waals surface area (Å²) in [6.07, 6.45) is 3.48. The minimum atomic E-state index is 0.234. The Labute approximate surface area is 72.1 Å². The Hall–Kier alpha value is -0.830. The predicted molar refractivity (Wildman–Crippen MR) is 45.7 cm³/mol. The van der Waals surface area contributed by atoms with Gasteiger partial charge in [0, 0.05) is 6.20 Å². The number of H-pyrrole nitrogens is 1. The van der Waals surface area contributed by atoms with Gasteiger partial charge in [0.25, 0.3) is 0 Å². The maximum absolute atomic E-state index is 5.75. The number of rotatable bonds is 1. The number of ether oxygens (including phenoxy) is 1. The van der Waals surface area contributed by atoms with Crippen LogP contribution < -0.4 is 0 Å². The van der Waals surface area contributed by atoms with E-state index in [1.807, 2.05) is 6.07 Å². The van der Waals surface area contributed by atoms with E-state index in [2.05, 4.69) is 24.0 Å². The first-order chi connectivity index (χ1) is 5.77. The van der Waals surface area contributed by atoms with Crippen LogP contribution in [0.5, 0.6) is 0 Å². The van der Waals surface area contributed by atoms with E-state index >= 15 is 0 Å². The molecule has 1 aromatic heterocycles. The van der Waals surface area contributed by atoms with Crippen LogP contribution in [-0.4, -0.2) is 16.3 Å². The molecule has 0 radical (unpaired) electrons. The first kappa shape index (κ1) is 7.80. The molecule has 0 bridgehead atoms. The highest BCUT2D eigenvalue weighted by atomic mass is 16.5. The average Bonchev–Trinajstić information content (AvgIpc) is 2.61. The Bertz CT molecular complexity index is 235. The number of aromatic nitrogens is 2. The van der Waals surface area contributed by atoms with E-state index in [1.54, 1.807) is 6.20 Å². The van der Waals surface area contributed by atoms with Crippen molar-refractivity contribution in [3.8, 4) is 0 Å². The van der Waals surface area contributed by atoms with Crippen LogP contribution in [0.15, 0.2) is 12.3 Å². The van der Waals surface area contributed by atoms with Crippen LogP contribution in [0.3, 0.4) is 0 Å². The quantitative estimate of drug-likeness (QED) is 0.691. The molecule has 0 aliphatic carbocycles. The lowest BCUT2D eigenvalue weighted by molar-refractivity contribution is 0.0449. The molecule has 1 saturated heterocycles. The summed E-state index contributed by atoms with van der Waals surface area (Å²) in [6.45, 7) is 4.35.